The minimum atomic E-state index is -3.61. The highest BCUT2D eigenvalue weighted by molar-refractivity contribution is 7.89. The van der Waals surface area contributed by atoms with Crippen LogP contribution in [0.4, 0.5) is 0 Å². The maximum Gasteiger partial charge on any atom is 0.248 e. The predicted octanol–water partition coefficient (Wildman–Crippen LogP) is 2.53. The predicted molar refractivity (Wildman–Crippen MR) is 90.2 cm³/mol. The van der Waals surface area contributed by atoms with Gasteiger partial charge in [0.15, 0.2) is 5.76 Å². The van der Waals surface area contributed by atoms with Crippen LogP contribution in [0.25, 0.3) is 10.9 Å². The minimum absolute atomic E-state index is 0.200. The van der Waals surface area contributed by atoms with E-state index in [1.165, 1.54) is 10.00 Å². The maximum atomic E-state index is 13.1. The first kappa shape index (κ1) is 15.4. The Bertz CT molecular complexity index is 1030. The third-order valence-electron chi connectivity index (χ3n) is 4.84. The average Bonchev–Trinajstić information content (AvgIpc) is 3.06. The molecular formula is C17H19N3O3S. The van der Waals surface area contributed by atoms with Crippen LogP contribution in [0.2, 0.25) is 0 Å². The number of nitrogens with zero attached hydrogens (tertiary/aromatic N) is 3. The Morgan fingerprint density at radius 1 is 1.21 bits per heavy atom. The minimum Gasteiger partial charge on any atom is -0.360 e. The highest BCUT2D eigenvalue weighted by Gasteiger charge is 2.34. The second-order valence-electron chi connectivity index (χ2n) is 6.24. The summed E-state index contributed by atoms with van der Waals surface area (Å²) < 4.78 is 34.9. The van der Waals surface area contributed by atoms with Gasteiger partial charge in [0, 0.05) is 43.2 Å². The molecule has 0 amide bonds. The monoisotopic (exact) mass is 345 g/mol. The molecule has 0 saturated heterocycles. The van der Waals surface area contributed by atoms with E-state index in [9.17, 15) is 8.42 Å². The number of aromatic nitrogens is 2. The Morgan fingerprint density at radius 2 is 1.96 bits per heavy atom. The SMILES string of the molecule is Cc1noc(C)c1S(=O)(=O)N1CCc2c(c3ccccc3n2C)C1. The summed E-state index contributed by atoms with van der Waals surface area (Å²) >= 11 is 0. The highest BCUT2D eigenvalue weighted by Crippen LogP contribution is 2.33. The summed E-state index contributed by atoms with van der Waals surface area (Å²) in [5.74, 6) is 0.344. The molecule has 1 aromatic carbocycles. The Morgan fingerprint density at radius 3 is 2.67 bits per heavy atom. The molecule has 3 aromatic rings. The topological polar surface area (TPSA) is 68.3 Å². The van der Waals surface area contributed by atoms with Gasteiger partial charge in [-0.1, -0.05) is 23.4 Å². The summed E-state index contributed by atoms with van der Waals surface area (Å²) in [6.07, 6.45) is 0.698. The van der Waals surface area contributed by atoms with Crippen LogP contribution in [0.3, 0.4) is 0 Å². The lowest BCUT2D eigenvalue weighted by Crippen LogP contribution is -2.36. The highest BCUT2D eigenvalue weighted by atomic mass is 32.2. The lowest BCUT2D eigenvalue weighted by Gasteiger charge is -2.27. The molecule has 0 unspecified atom stereocenters. The van der Waals surface area contributed by atoms with Crippen molar-refractivity contribution in [1.29, 1.82) is 0 Å². The fraction of sp³-hybridized carbons (Fsp3) is 0.353. The Hall–Kier alpha value is -2.12. The molecule has 24 heavy (non-hydrogen) atoms. The van der Waals surface area contributed by atoms with E-state index in [-0.39, 0.29) is 4.90 Å². The van der Waals surface area contributed by atoms with Crippen LogP contribution >= 0.6 is 0 Å². The molecule has 3 heterocycles. The molecular weight excluding hydrogens is 326 g/mol. The van der Waals surface area contributed by atoms with Crippen molar-refractivity contribution in [2.45, 2.75) is 31.7 Å². The van der Waals surface area contributed by atoms with Gasteiger partial charge in [-0.3, -0.25) is 0 Å². The number of benzene rings is 1. The van der Waals surface area contributed by atoms with Gasteiger partial charge in [0.25, 0.3) is 0 Å². The lowest BCUT2D eigenvalue weighted by molar-refractivity contribution is 0.380. The van der Waals surface area contributed by atoms with Gasteiger partial charge in [0.1, 0.15) is 10.6 Å². The van der Waals surface area contributed by atoms with E-state index in [1.807, 2.05) is 19.2 Å². The third-order valence-corrected chi connectivity index (χ3v) is 6.93. The van der Waals surface area contributed by atoms with Crippen LogP contribution < -0.4 is 0 Å². The quantitative estimate of drug-likeness (QED) is 0.716. The molecule has 0 N–H and O–H groups in total. The van der Waals surface area contributed by atoms with E-state index >= 15 is 0 Å². The summed E-state index contributed by atoms with van der Waals surface area (Å²) in [7, 11) is -1.57. The molecule has 6 nitrogen and oxygen atoms in total. The second kappa shape index (κ2) is 5.19. The van der Waals surface area contributed by atoms with E-state index < -0.39 is 10.0 Å². The molecule has 0 aliphatic carbocycles. The summed E-state index contributed by atoms with van der Waals surface area (Å²) in [5.41, 5.74) is 3.85. The van der Waals surface area contributed by atoms with E-state index in [2.05, 4.69) is 21.9 Å². The molecule has 2 aromatic heterocycles. The van der Waals surface area contributed by atoms with E-state index in [4.69, 9.17) is 4.52 Å². The van der Waals surface area contributed by atoms with Crippen molar-refractivity contribution < 1.29 is 12.9 Å². The standard InChI is InChI=1S/C17H19N3O3S/c1-11-17(12(2)23-18-11)24(21,22)20-9-8-16-14(10-20)13-6-4-5-7-15(13)19(16)3/h4-7H,8-10H2,1-3H3. The first-order valence-corrected chi connectivity index (χ1v) is 9.33. The molecule has 0 radical (unpaired) electrons. The molecule has 7 heteroatoms. The largest absolute Gasteiger partial charge is 0.360 e. The Labute approximate surface area is 140 Å². The van der Waals surface area contributed by atoms with Crippen molar-refractivity contribution in [2.24, 2.45) is 7.05 Å². The lowest BCUT2D eigenvalue weighted by atomic mass is 10.1. The van der Waals surface area contributed by atoms with Gasteiger partial charge in [-0.2, -0.15) is 4.31 Å². The van der Waals surface area contributed by atoms with Crippen molar-refractivity contribution in [3.8, 4) is 0 Å². The van der Waals surface area contributed by atoms with Gasteiger partial charge >= 0.3 is 0 Å². The van der Waals surface area contributed by atoms with Crippen LogP contribution in [0.5, 0.6) is 0 Å². The van der Waals surface area contributed by atoms with Crippen LogP contribution in [-0.2, 0) is 30.0 Å². The summed E-state index contributed by atoms with van der Waals surface area (Å²) in [5, 5.41) is 4.91. The van der Waals surface area contributed by atoms with Crippen LogP contribution in [0.15, 0.2) is 33.7 Å². The molecule has 0 atom stereocenters. The van der Waals surface area contributed by atoms with Crippen molar-refractivity contribution >= 4 is 20.9 Å². The van der Waals surface area contributed by atoms with Crippen molar-refractivity contribution in [1.82, 2.24) is 14.0 Å². The van der Waals surface area contributed by atoms with E-state index in [1.54, 1.807) is 13.8 Å². The molecule has 0 bridgehead atoms. The number of aryl methyl sites for hydroxylation is 3. The first-order valence-electron chi connectivity index (χ1n) is 7.89. The number of hydrogen-bond acceptors (Lipinski definition) is 4. The van der Waals surface area contributed by atoms with Crippen molar-refractivity contribution in [3.63, 3.8) is 0 Å². The van der Waals surface area contributed by atoms with Crippen molar-refractivity contribution in [3.05, 3.63) is 47.0 Å². The Kier molecular flexibility index (Phi) is 3.33. The van der Waals surface area contributed by atoms with Crippen LogP contribution in [0, 0.1) is 13.8 Å². The van der Waals surface area contributed by atoms with Gasteiger partial charge in [0.2, 0.25) is 10.0 Å². The molecule has 0 fully saturated rings. The smallest absolute Gasteiger partial charge is 0.248 e. The average molecular weight is 345 g/mol. The van der Waals surface area contributed by atoms with Gasteiger partial charge in [-0.05, 0) is 25.5 Å². The zero-order valence-corrected chi connectivity index (χ0v) is 14.7. The van der Waals surface area contributed by atoms with Crippen LogP contribution in [-0.4, -0.2) is 29.0 Å². The van der Waals surface area contributed by atoms with Gasteiger partial charge in [-0.25, -0.2) is 8.42 Å². The number of para-hydroxylation sites is 1. The molecule has 0 spiro atoms. The molecule has 1 aliphatic rings. The third kappa shape index (κ3) is 2.04. The van der Waals surface area contributed by atoms with Gasteiger partial charge < -0.3 is 9.09 Å². The maximum absolute atomic E-state index is 13.1. The summed E-state index contributed by atoms with van der Waals surface area (Å²) in [6, 6.07) is 8.12. The van der Waals surface area contributed by atoms with Crippen LogP contribution in [0.1, 0.15) is 22.7 Å². The molecule has 0 saturated carbocycles. The van der Waals surface area contributed by atoms with E-state index in [0.29, 0.717) is 31.0 Å². The Balaban J connectivity index is 1.81. The fourth-order valence-corrected chi connectivity index (χ4v) is 5.38. The number of fused-ring (bicyclic) bond motifs is 3. The molecule has 4 rings (SSSR count). The summed E-state index contributed by atoms with van der Waals surface area (Å²) in [6.45, 7) is 4.14. The number of hydrogen-bond donors (Lipinski definition) is 0. The first-order chi connectivity index (χ1) is 11.4. The number of rotatable bonds is 2. The summed E-state index contributed by atoms with van der Waals surface area (Å²) in [4.78, 5) is 0.200. The fourth-order valence-electron chi connectivity index (χ4n) is 3.68. The van der Waals surface area contributed by atoms with Crippen molar-refractivity contribution in [2.75, 3.05) is 6.54 Å². The van der Waals surface area contributed by atoms with E-state index in [0.717, 1.165) is 16.5 Å². The van der Waals surface area contributed by atoms with Gasteiger partial charge in [0.05, 0.1) is 0 Å². The second-order valence-corrected chi connectivity index (χ2v) is 8.12. The normalized spacial score (nSPS) is 15.8. The zero-order valence-electron chi connectivity index (χ0n) is 13.9. The molecule has 126 valence electrons. The van der Waals surface area contributed by atoms with Gasteiger partial charge in [-0.15, -0.1) is 0 Å². The number of sulfonamides is 1. The zero-order chi connectivity index (χ0) is 17.1. The molecule has 1 aliphatic heterocycles.